The average molecular weight is 1150 g/mol. The van der Waals surface area contributed by atoms with Gasteiger partial charge in [-0.25, -0.2) is 4.18 Å². The van der Waals surface area contributed by atoms with Crippen LogP contribution in [0.4, 0.5) is 0 Å². The lowest BCUT2D eigenvalue weighted by Crippen LogP contribution is -2.66. The SMILES string of the molecule is C=C(C)CCC(=O)C1(C)OC(=O)C23CCC4C(=CCC5C(C)(C)C(OC6OCC(OS(=O)(=O)O)C(O)C6OC6OC(CO)C(OC7OCC(O)C(OC8OC(CO)C(O)C(OC)C8O)C7O)C(O)C6O)CCC45C)C2(C)CCC13. The third-order valence-electron chi connectivity index (χ3n) is 20.0. The number of ether oxygens (including phenoxy) is 10. The maximum atomic E-state index is 14.4. The van der Waals surface area contributed by atoms with Crippen molar-refractivity contribution in [2.24, 2.45) is 39.4 Å². The van der Waals surface area contributed by atoms with Crippen LogP contribution >= 0.6 is 0 Å². The number of hydrogen-bond acceptors (Lipinski definition) is 24. The van der Waals surface area contributed by atoms with E-state index in [1.807, 2.05) is 6.92 Å². The number of allylic oxidation sites excluding steroid dienone is 3. The summed E-state index contributed by atoms with van der Waals surface area (Å²) < 4.78 is 97.3. The third kappa shape index (κ3) is 10.4. The molecular weight excluding hydrogens is 1070 g/mol. The van der Waals surface area contributed by atoms with Gasteiger partial charge >= 0.3 is 16.4 Å². The first-order valence-corrected chi connectivity index (χ1v) is 28.8. The molecule has 9 rings (SSSR count). The number of carbonyl (C=O) groups is 2. The van der Waals surface area contributed by atoms with Crippen LogP contribution in [0.25, 0.3) is 0 Å². The van der Waals surface area contributed by atoms with Crippen molar-refractivity contribution in [3.63, 3.8) is 0 Å². The molecule has 8 fully saturated rings. The van der Waals surface area contributed by atoms with E-state index in [4.69, 9.17) is 51.6 Å². The number of ketones is 1. The Kier molecular flexibility index (Phi) is 17.6. The minimum absolute atomic E-state index is 0.00383. The second kappa shape index (κ2) is 22.6. The molecule has 450 valence electrons. The van der Waals surface area contributed by atoms with Crippen LogP contribution in [0.15, 0.2) is 23.8 Å². The molecule has 5 saturated heterocycles. The zero-order chi connectivity index (χ0) is 57.7. The maximum Gasteiger partial charge on any atom is 0.397 e. The number of fused-ring (bicyclic) bond motifs is 4. The van der Waals surface area contributed by atoms with Gasteiger partial charge < -0.3 is 93.3 Å². The van der Waals surface area contributed by atoms with Gasteiger partial charge in [0.15, 0.2) is 36.5 Å². The summed E-state index contributed by atoms with van der Waals surface area (Å²) in [6.45, 7) is 13.5. The van der Waals surface area contributed by atoms with E-state index in [0.29, 0.717) is 44.9 Å². The normalized spacial score (nSPS) is 49.6. The predicted octanol–water partition coefficient (Wildman–Crippen LogP) is -0.770. The Morgan fingerprint density at radius 1 is 0.709 bits per heavy atom. The summed E-state index contributed by atoms with van der Waals surface area (Å²) in [6.07, 6.45) is -23.7. The Labute approximate surface area is 459 Å². The fourth-order valence-electron chi connectivity index (χ4n) is 15.8. The molecule has 0 aromatic carbocycles. The van der Waals surface area contributed by atoms with Crippen LogP contribution in [0, 0.1) is 39.4 Å². The minimum atomic E-state index is -5.18. The molecule has 10 N–H and O–H groups in total. The molecule has 0 bridgehead atoms. The minimum Gasteiger partial charge on any atom is -0.451 e. The van der Waals surface area contributed by atoms with Crippen LogP contribution in [0.2, 0.25) is 0 Å². The van der Waals surface area contributed by atoms with Gasteiger partial charge in [-0.05, 0) is 87.9 Å². The van der Waals surface area contributed by atoms with Gasteiger partial charge in [-0.2, -0.15) is 8.42 Å². The van der Waals surface area contributed by atoms with E-state index in [9.17, 15) is 68.5 Å². The van der Waals surface area contributed by atoms with Crippen molar-refractivity contribution in [1.29, 1.82) is 0 Å². The zero-order valence-electron chi connectivity index (χ0n) is 45.7. The standard InChI is InChI=1S/C53H82O25S/c1-23(2)9-12-32(57)52(7)31-14-17-51(6)25-10-11-30-49(3,4)33(15-16-50(30,5)24(25)13-18-53(31,51)48(64)77-52)73-47-43(35(59)29(22-70-47)78-79(65,66)67)76-45-37(61)36(60)41(28(20-55)72-45)75-44-38(62)40(26(56)21-69-44)74-46-39(63)42(68-8)34(58)27(19-54)71-46/h10,24,26-31,33-47,54-56,58-63H,1,9,11-22H2,2-8H3,(H,65,66,67). The summed E-state index contributed by atoms with van der Waals surface area (Å²) >= 11 is 0. The van der Waals surface area contributed by atoms with Crippen LogP contribution in [-0.2, 0) is 71.5 Å². The van der Waals surface area contributed by atoms with E-state index < -0.39 is 175 Å². The summed E-state index contributed by atoms with van der Waals surface area (Å²) in [5.41, 5.74) is -1.40. The van der Waals surface area contributed by atoms with Gasteiger partial charge in [-0.1, -0.05) is 44.9 Å². The first kappa shape index (κ1) is 61.3. The molecule has 26 atom stereocenters. The van der Waals surface area contributed by atoms with Crippen LogP contribution in [-0.4, -0.2) is 227 Å². The molecule has 79 heavy (non-hydrogen) atoms. The van der Waals surface area contributed by atoms with Crippen LogP contribution in [0.3, 0.4) is 0 Å². The Balaban J connectivity index is 0.901. The number of aliphatic hydroxyl groups is 9. The second-order valence-corrected chi connectivity index (χ2v) is 25.8. The Morgan fingerprint density at radius 2 is 1.34 bits per heavy atom. The topological polar surface area (TPSA) is 372 Å². The molecule has 0 aromatic heterocycles. The van der Waals surface area contributed by atoms with Gasteiger partial charge in [0.1, 0.15) is 85.5 Å². The summed E-state index contributed by atoms with van der Waals surface area (Å²) in [5.74, 6) is -0.549. The smallest absolute Gasteiger partial charge is 0.397 e. The van der Waals surface area contributed by atoms with Crippen molar-refractivity contribution in [2.75, 3.05) is 33.5 Å². The summed E-state index contributed by atoms with van der Waals surface area (Å²) in [4.78, 5) is 28.2. The van der Waals surface area contributed by atoms with Crippen molar-refractivity contribution in [1.82, 2.24) is 0 Å². The average Bonchev–Trinajstić information content (AvgIpc) is 3.51. The van der Waals surface area contributed by atoms with Crippen molar-refractivity contribution in [3.8, 4) is 0 Å². The van der Waals surface area contributed by atoms with E-state index in [0.717, 1.165) is 12.0 Å². The molecule has 0 aromatic rings. The summed E-state index contributed by atoms with van der Waals surface area (Å²) in [6, 6.07) is 0. The lowest BCUT2D eigenvalue weighted by molar-refractivity contribution is -0.385. The highest BCUT2D eigenvalue weighted by molar-refractivity contribution is 7.80. The van der Waals surface area contributed by atoms with Gasteiger partial charge in [-0.3, -0.25) is 14.1 Å². The molecule has 9 aliphatic rings. The van der Waals surface area contributed by atoms with Crippen molar-refractivity contribution >= 4 is 22.2 Å². The molecule has 5 aliphatic heterocycles. The molecule has 0 radical (unpaired) electrons. The number of rotatable bonds is 17. The zero-order valence-corrected chi connectivity index (χ0v) is 46.5. The van der Waals surface area contributed by atoms with Crippen LogP contribution < -0.4 is 0 Å². The maximum absolute atomic E-state index is 14.4. The van der Waals surface area contributed by atoms with Crippen LogP contribution in [0.5, 0.6) is 0 Å². The predicted molar refractivity (Wildman–Crippen MR) is 267 cm³/mol. The number of carbonyl (C=O) groups excluding carboxylic acids is 2. The van der Waals surface area contributed by atoms with Crippen molar-refractivity contribution < 1.29 is 120 Å². The lowest BCUT2D eigenvalue weighted by Gasteiger charge is -2.64. The number of cyclic esters (lactones) is 1. The van der Waals surface area contributed by atoms with Crippen molar-refractivity contribution in [3.05, 3.63) is 23.8 Å². The molecule has 1 spiro atoms. The molecule has 26 unspecified atom stereocenters. The highest BCUT2D eigenvalue weighted by atomic mass is 32.3. The number of Topliss-reactive ketones (excluding diaryl/α,β-unsaturated/α-hetero) is 1. The molecule has 5 heterocycles. The molecule has 0 amide bonds. The lowest BCUT2D eigenvalue weighted by atomic mass is 9.40. The van der Waals surface area contributed by atoms with Crippen LogP contribution in [0.1, 0.15) is 99.3 Å². The fraction of sp³-hybridized carbons (Fsp3) is 0.887. The van der Waals surface area contributed by atoms with Gasteiger partial charge in [0.05, 0.1) is 37.9 Å². The van der Waals surface area contributed by atoms with Gasteiger partial charge in [0.25, 0.3) is 0 Å². The third-order valence-corrected chi connectivity index (χ3v) is 20.5. The number of methoxy groups -OCH3 is 1. The monoisotopic (exact) mass is 1150 g/mol. The van der Waals surface area contributed by atoms with Crippen molar-refractivity contribution in [2.45, 2.75) is 222 Å². The highest BCUT2D eigenvalue weighted by Gasteiger charge is 2.77. The first-order chi connectivity index (χ1) is 37.0. The number of hydrogen-bond donors (Lipinski definition) is 10. The Hall–Kier alpha value is -2.23. The second-order valence-electron chi connectivity index (χ2n) is 24.7. The van der Waals surface area contributed by atoms with Gasteiger partial charge in [0, 0.05) is 24.9 Å². The van der Waals surface area contributed by atoms with Gasteiger partial charge in [0.2, 0.25) is 0 Å². The molecular formula is C53H82O25S. The first-order valence-electron chi connectivity index (χ1n) is 27.5. The Morgan fingerprint density at radius 3 is 2.00 bits per heavy atom. The molecule has 3 saturated carbocycles. The number of aliphatic hydroxyl groups excluding tert-OH is 9. The molecule has 4 aliphatic carbocycles. The van der Waals surface area contributed by atoms with E-state index in [2.05, 4.69) is 40.3 Å². The molecule has 26 heteroatoms. The van der Waals surface area contributed by atoms with Gasteiger partial charge in [-0.15, -0.1) is 6.58 Å². The van der Waals surface area contributed by atoms with E-state index in [-0.39, 0.29) is 41.3 Å². The largest absolute Gasteiger partial charge is 0.451 e. The van der Waals surface area contributed by atoms with E-state index in [1.54, 1.807) is 6.92 Å². The quantitative estimate of drug-likeness (QED) is 0.0486. The molecule has 25 nitrogen and oxygen atoms in total. The van der Waals surface area contributed by atoms with E-state index in [1.165, 1.54) is 12.7 Å². The highest BCUT2D eigenvalue weighted by Crippen LogP contribution is 2.76. The van der Waals surface area contributed by atoms with E-state index >= 15 is 0 Å². The summed E-state index contributed by atoms with van der Waals surface area (Å²) in [7, 11) is -3.99. The fourth-order valence-corrected chi connectivity index (χ4v) is 16.2. The number of esters is 1. The Bertz CT molecular complexity index is 2390. The summed E-state index contributed by atoms with van der Waals surface area (Å²) in [5, 5.41) is 98.8.